The van der Waals surface area contributed by atoms with Gasteiger partial charge in [-0.15, -0.1) is 0 Å². The quantitative estimate of drug-likeness (QED) is 0.382. The maximum absolute atomic E-state index is 12.9. The first-order valence-corrected chi connectivity index (χ1v) is 10.9. The Kier molecular flexibility index (Phi) is 4.89. The molecular formula is C25H22O3S. The Labute approximate surface area is 171 Å². The molecule has 0 aromatic heterocycles. The molecular weight excluding hydrogens is 380 g/mol. The zero-order valence-corrected chi connectivity index (χ0v) is 17.5. The molecule has 3 nitrogen and oxygen atoms in total. The molecule has 0 N–H and O–H groups in total. The lowest BCUT2D eigenvalue weighted by Crippen LogP contribution is -2.10. The van der Waals surface area contributed by atoms with Crippen molar-refractivity contribution in [2.45, 2.75) is 25.7 Å². The molecule has 0 heterocycles. The second-order valence-electron chi connectivity index (χ2n) is 7.33. The molecule has 0 aliphatic rings. The number of hydrogen-bond donors (Lipinski definition) is 0. The second kappa shape index (κ2) is 7.37. The minimum atomic E-state index is -3.94. The van der Waals surface area contributed by atoms with Crippen molar-refractivity contribution >= 4 is 20.9 Å². The van der Waals surface area contributed by atoms with Gasteiger partial charge in [-0.3, -0.25) is 0 Å². The van der Waals surface area contributed by atoms with Crippen LogP contribution in [0.4, 0.5) is 0 Å². The number of rotatable bonds is 4. The van der Waals surface area contributed by atoms with Gasteiger partial charge < -0.3 is 4.18 Å². The Balaban J connectivity index is 1.89. The predicted octanol–water partition coefficient (Wildman–Crippen LogP) is 6.20. The molecule has 146 valence electrons. The van der Waals surface area contributed by atoms with Gasteiger partial charge in [-0.1, -0.05) is 66.2 Å². The van der Waals surface area contributed by atoms with E-state index < -0.39 is 10.1 Å². The fraction of sp³-hybridized carbons (Fsp3) is 0.120. The summed E-state index contributed by atoms with van der Waals surface area (Å²) in [7, 11) is -3.94. The summed E-state index contributed by atoms with van der Waals surface area (Å²) in [6.45, 7) is 5.87. The fourth-order valence-electron chi connectivity index (χ4n) is 3.51. The van der Waals surface area contributed by atoms with Crippen molar-refractivity contribution in [2.75, 3.05) is 0 Å². The molecule has 0 aliphatic heterocycles. The number of hydrogen-bond acceptors (Lipinski definition) is 3. The molecule has 0 saturated carbocycles. The maximum Gasteiger partial charge on any atom is 0.339 e. The first-order chi connectivity index (χ1) is 13.8. The van der Waals surface area contributed by atoms with Crippen LogP contribution < -0.4 is 4.18 Å². The Bertz CT molecular complexity index is 1300. The number of benzene rings is 4. The monoisotopic (exact) mass is 402 g/mol. The van der Waals surface area contributed by atoms with Gasteiger partial charge in [0.05, 0.1) is 0 Å². The first-order valence-electron chi connectivity index (χ1n) is 9.46. The van der Waals surface area contributed by atoms with Gasteiger partial charge in [-0.05, 0) is 66.4 Å². The lowest BCUT2D eigenvalue weighted by atomic mass is 9.93. The van der Waals surface area contributed by atoms with E-state index in [1.165, 1.54) is 0 Å². The summed E-state index contributed by atoms with van der Waals surface area (Å²) in [5.41, 5.74) is 4.73. The van der Waals surface area contributed by atoms with Crippen LogP contribution in [0.2, 0.25) is 0 Å². The summed E-state index contributed by atoms with van der Waals surface area (Å²) in [6.07, 6.45) is 0. The zero-order chi connectivity index (χ0) is 20.6. The molecule has 0 radical (unpaired) electrons. The van der Waals surface area contributed by atoms with Crippen molar-refractivity contribution in [1.29, 1.82) is 0 Å². The molecule has 0 aliphatic carbocycles. The van der Waals surface area contributed by atoms with Crippen LogP contribution in [0.5, 0.6) is 5.75 Å². The highest BCUT2D eigenvalue weighted by Gasteiger charge is 2.20. The van der Waals surface area contributed by atoms with Gasteiger partial charge in [0.15, 0.2) is 5.75 Å². The largest absolute Gasteiger partial charge is 0.378 e. The van der Waals surface area contributed by atoms with Crippen molar-refractivity contribution in [3.63, 3.8) is 0 Å². The summed E-state index contributed by atoms with van der Waals surface area (Å²) in [6, 6.07) is 24.6. The molecule has 4 heteroatoms. The van der Waals surface area contributed by atoms with Crippen LogP contribution in [0.3, 0.4) is 0 Å². The molecule has 29 heavy (non-hydrogen) atoms. The van der Waals surface area contributed by atoms with Crippen LogP contribution in [0.25, 0.3) is 21.9 Å². The molecule has 0 spiro atoms. The van der Waals surface area contributed by atoms with Crippen LogP contribution in [0.15, 0.2) is 83.8 Å². The standard InChI is InChI=1S/C25H22O3S/c1-17-8-13-21(14-9-17)29(26,27)28-24-16-18(2)10-15-23(24)25-19(3)11-12-20-6-4-5-7-22(20)25/h4-16H,1-3H3. The predicted molar refractivity (Wildman–Crippen MR) is 118 cm³/mol. The highest BCUT2D eigenvalue weighted by molar-refractivity contribution is 7.87. The van der Waals surface area contributed by atoms with E-state index in [2.05, 4.69) is 24.3 Å². The topological polar surface area (TPSA) is 43.4 Å². The van der Waals surface area contributed by atoms with Crippen LogP contribution in [0.1, 0.15) is 16.7 Å². The highest BCUT2D eigenvalue weighted by atomic mass is 32.2. The van der Waals surface area contributed by atoms with Crippen LogP contribution in [-0.2, 0) is 10.1 Å². The molecule has 4 aromatic rings. The average molecular weight is 403 g/mol. The molecule has 0 bridgehead atoms. The molecule has 0 unspecified atom stereocenters. The third kappa shape index (κ3) is 3.76. The van der Waals surface area contributed by atoms with Gasteiger partial charge in [-0.25, -0.2) is 0 Å². The van der Waals surface area contributed by atoms with Gasteiger partial charge in [0.1, 0.15) is 4.90 Å². The van der Waals surface area contributed by atoms with Gasteiger partial charge in [0.2, 0.25) is 0 Å². The Hall–Kier alpha value is -3.11. The molecule has 0 amide bonds. The van der Waals surface area contributed by atoms with E-state index in [1.807, 2.05) is 45.0 Å². The summed E-state index contributed by atoms with van der Waals surface area (Å²) < 4.78 is 31.5. The van der Waals surface area contributed by atoms with Crippen LogP contribution >= 0.6 is 0 Å². The first kappa shape index (κ1) is 19.2. The summed E-state index contributed by atoms with van der Waals surface area (Å²) >= 11 is 0. The lowest BCUT2D eigenvalue weighted by Gasteiger charge is -2.16. The van der Waals surface area contributed by atoms with Crippen molar-refractivity contribution in [3.8, 4) is 16.9 Å². The normalized spacial score (nSPS) is 11.6. The molecule has 4 aromatic carbocycles. The van der Waals surface area contributed by atoms with E-state index in [4.69, 9.17) is 4.18 Å². The minimum Gasteiger partial charge on any atom is -0.378 e. The summed E-state index contributed by atoms with van der Waals surface area (Å²) in [5.74, 6) is 0.338. The van der Waals surface area contributed by atoms with E-state index in [-0.39, 0.29) is 4.90 Å². The average Bonchev–Trinajstić information content (AvgIpc) is 2.69. The van der Waals surface area contributed by atoms with Crippen molar-refractivity contribution < 1.29 is 12.6 Å². The zero-order valence-electron chi connectivity index (χ0n) is 16.6. The number of aryl methyl sites for hydroxylation is 3. The van der Waals surface area contributed by atoms with Crippen molar-refractivity contribution in [2.24, 2.45) is 0 Å². The van der Waals surface area contributed by atoms with Gasteiger partial charge in [-0.2, -0.15) is 8.42 Å². The Morgan fingerprint density at radius 2 is 1.41 bits per heavy atom. The van der Waals surface area contributed by atoms with E-state index >= 15 is 0 Å². The Morgan fingerprint density at radius 3 is 2.17 bits per heavy atom. The molecule has 4 rings (SSSR count). The van der Waals surface area contributed by atoms with Gasteiger partial charge >= 0.3 is 10.1 Å². The van der Waals surface area contributed by atoms with E-state index in [9.17, 15) is 8.42 Å². The highest BCUT2D eigenvalue weighted by Crippen LogP contribution is 2.39. The lowest BCUT2D eigenvalue weighted by molar-refractivity contribution is 0.486. The van der Waals surface area contributed by atoms with Gasteiger partial charge in [0.25, 0.3) is 0 Å². The van der Waals surface area contributed by atoms with E-state index in [1.54, 1.807) is 30.3 Å². The summed E-state index contributed by atoms with van der Waals surface area (Å²) in [4.78, 5) is 0.144. The number of fused-ring (bicyclic) bond motifs is 1. The van der Waals surface area contributed by atoms with Crippen LogP contribution in [0, 0.1) is 20.8 Å². The molecule has 0 saturated heterocycles. The molecule has 0 fully saturated rings. The minimum absolute atomic E-state index is 0.144. The third-order valence-corrected chi connectivity index (χ3v) is 6.30. The van der Waals surface area contributed by atoms with Crippen LogP contribution in [-0.4, -0.2) is 8.42 Å². The van der Waals surface area contributed by atoms with Crippen molar-refractivity contribution in [1.82, 2.24) is 0 Å². The smallest absolute Gasteiger partial charge is 0.339 e. The second-order valence-corrected chi connectivity index (χ2v) is 8.88. The summed E-state index contributed by atoms with van der Waals surface area (Å²) in [5, 5.41) is 2.16. The van der Waals surface area contributed by atoms with E-state index in [0.717, 1.165) is 38.6 Å². The van der Waals surface area contributed by atoms with Crippen molar-refractivity contribution in [3.05, 3.63) is 95.6 Å². The fourth-order valence-corrected chi connectivity index (χ4v) is 4.45. The van der Waals surface area contributed by atoms with E-state index in [0.29, 0.717) is 5.75 Å². The molecule has 0 atom stereocenters. The Morgan fingerprint density at radius 1 is 0.724 bits per heavy atom. The SMILES string of the molecule is Cc1ccc(S(=O)(=O)Oc2cc(C)ccc2-c2c(C)ccc3ccccc23)cc1. The van der Waals surface area contributed by atoms with Gasteiger partial charge in [0, 0.05) is 5.56 Å². The third-order valence-electron chi connectivity index (χ3n) is 5.05. The maximum atomic E-state index is 12.9.